The Morgan fingerprint density at radius 3 is 2.74 bits per heavy atom. The van der Waals surface area contributed by atoms with Crippen LogP contribution in [0.4, 0.5) is 0 Å². The van der Waals surface area contributed by atoms with Gasteiger partial charge in [-0.25, -0.2) is 4.98 Å². The first-order chi connectivity index (χ1) is 9.26. The van der Waals surface area contributed by atoms with Crippen molar-refractivity contribution in [1.29, 1.82) is 0 Å². The molecule has 0 fully saturated rings. The van der Waals surface area contributed by atoms with Gasteiger partial charge in [0.1, 0.15) is 0 Å². The predicted octanol–water partition coefficient (Wildman–Crippen LogP) is 3.77. The van der Waals surface area contributed by atoms with Crippen LogP contribution in [-0.4, -0.2) is 11.5 Å². The van der Waals surface area contributed by atoms with E-state index in [4.69, 9.17) is 5.73 Å². The average Bonchev–Trinajstić information content (AvgIpc) is 2.87. The molecule has 0 spiro atoms. The fraction of sp³-hybridized carbons (Fsp3) is 0.188. The first-order valence-corrected chi connectivity index (χ1v) is 7.29. The molecule has 0 saturated heterocycles. The Labute approximate surface area is 116 Å². The monoisotopic (exact) mass is 268 g/mol. The molecule has 3 heteroatoms. The van der Waals surface area contributed by atoms with Gasteiger partial charge in [0.2, 0.25) is 0 Å². The molecule has 2 nitrogen and oxygen atoms in total. The summed E-state index contributed by atoms with van der Waals surface area (Å²) in [5.41, 5.74) is 9.08. The quantitative estimate of drug-likeness (QED) is 0.785. The highest BCUT2D eigenvalue weighted by molar-refractivity contribution is 7.09. The zero-order valence-corrected chi connectivity index (χ0v) is 11.7. The van der Waals surface area contributed by atoms with Gasteiger partial charge in [-0.05, 0) is 30.3 Å². The van der Waals surface area contributed by atoms with Crippen LogP contribution in [-0.2, 0) is 6.42 Å². The van der Waals surface area contributed by atoms with Crippen LogP contribution in [0.3, 0.4) is 0 Å². The summed E-state index contributed by atoms with van der Waals surface area (Å²) in [5, 5.41) is 5.76. The number of rotatable bonds is 3. The molecule has 3 rings (SSSR count). The van der Waals surface area contributed by atoms with Gasteiger partial charge in [-0.1, -0.05) is 35.9 Å². The van der Waals surface area contributed by atoms with Crippen molar-refractivity contribution in [1.82, 2.24) is 4.98 Å². The molecule has 2 aromatic carbocycles. The van der Waals surface area contributed by atoms with Gasteiger partial charge in [-0.2, -0.15) is 0 Å². The van der Waals surface area contributed by atoms with E-state index in [1.165, 1.54) is 21.9 Å². The first-order valence-electron chi connectivity index (χ1n) is 6.41. The fourth-order valence-corrected chi connectivity index (χ4v) is 3.03. The maximum absolute atomic E-state index is 5.56. The highest BCUT2D eigenvalue weighted by Gasteiger charge is 2.05. The molecule has 0 saturated carbocycles. The van der Waals surface area contributed by atoms with Crippen LogP contribution in [0.25, 0.3) is 22.0 Å². The van der Waals surface area contributed by atoms with Gasteiger partial charge in [0, 0.05) is 17.4 Å². The normalized spacial score (nSPS) is 11.1. The Balaban J connectivity index is 2.02. The van der Waals surface area contributed by atoms with Gasteiger partial charge in [-0.15, -0.1) is 11.3 Å². The van der Waals surface area contributed by atoms with E-state index in [0.29, 0.717) is 6.54 Å². The van der Waals surface area contributed by atoms with E-state index in [1.54, 1.807) is 11.3 Å². The SMILES string of the molecule is Cc1ccc2cc(-c3csc(CCN)n3)ccc2c1. The lowest BCUT2D eigenvalue weighted by atomic mass is 10.0. The molecule has 1 aromatic heterocycles. The molecule has 0 atom stereocenters. The Morgan fingerprint density at radius 2 is 1.89 bits per heavy atom. The standard InChI is InChI=1S/C16H16N2S/c1-11-2-3-13-9-14(5-4-12(13)8-11)15-10-19-16(18-15)6-7-17/h2-5,8-10H,6-7,17H2,1H3. The van der Waals surface area contributed by atoms with Gasteiger partial charge in [0.05, 0.1) is 10.7 Å². The van der Waals surface area contributed by atoms with Crippen molar-refractivity contribution < 1.29 is 0 Å². The third-order valence-corrected chi connectivity index (χ3v) is 4.11. The van der Waals surface area contributed by atoms with Crippen LogP contribution in [0.5, 0.6) is 0 Å². The lowest BCUT2D eigenvalue weighted by Gasteiger charge is -2.02. The summed E-state index contributed by atoms with van der Waals surface area (Å²) >= 11 is 1.69. The minimum absolute atomic E-state index is 0.657. The smallest absolute Gasteiger partial charge is 0.0945 e. The molecule has 3 aromatic rings. The Bertz CT molecular complexity index is 716. The third-order valence-electron chi connectivity index (χ3n) is 3.20. The van der Waals surface area contributed by atoms with Crippen LogP contribution >= 0.6 is 11.3 Å². The maximum atomic E-state index is 5.56. The van der Waals surface area contributed by atoms with Crippen molar-refractivity contribution in [3.63, 3.8) is 0 Å². The third kappa shape index (κ3) is 2.53. The molecule has 96 valence electrons. The van der Waals surface area contributed by atoms with E-state index in [1.807, 2.05) is 0 Å². The van der Waals surface area contributed by atoms with Gasteiger partial charge >= 0.3 is 0 Å². The number of aryl methyl sites for hydroxylation is 1. The fourth-order valence-electron chi connectivity index (χ4n) is 2.21. The molecule has 1 heterocycles. The topological polar surface area (TPSA) is 38.9 Å². The van der Waals surface area contributed by atoms with Crippen LogP contribution in [0.2, 0.25) is 0 Å². The minimum atomic E-state index is 0.657. The van der Waals surface area contributed by atoms with E-state index in [9.17, 15) is 0 Å². The number of benzene rings is 2. The Kier molecular flexibility index (Phi) is 3.32. The Morgan fingerprint density at radius 1 is 1.11 bits per heavy atom. The summed E-state index contributed by atoms with van der Waals surface area (Å²) in [6.45, 7) is 2.77. The highest BCUT2D eigenvalue weighted by Crippen LogP contribution is 2.26. The van der Waals surface area contributed by atoms with Gasteiger partial charge in [0.15, 0.2) is 0 Å². The van der Waals surface area contributed by atoms with E-state index >= 15 is 0 Å². The summed E-state index contributed by atoms with van der Waals surface area (Å²) in [6.07, 6.45) is 0.859. The molecule has 0 radical (unpaired) electrons. The molecule has 0 aliphatic carbocycles. The van der Waals surface area contributed by atoms with E-state index < -0.39 is 0 Å². The largest absolute Gasteiger partial charge is 0.330 e. The predicted molar refractivity (Wildman–Crippen MR) is 82.6 cm³/mol. The number of thiazole rings is 1. The van der Waals surface area contributed by atoms with Gasteiger partial charge in [-0.3, -0.25) is 0 Å². The van der Waals surface area contributed by atoms with Crippen molar-refractivity contribution in [2.45, 2.75) is 13.3 Å². The summed E-state index contributed by atoms with van der Waals surface area (Å²) in [7, 11) is 0. The zero-order valence-electron chi connectivity index (χ0n) is 10.9. The first kappa shape index (κ1) is 12.3. The number of nitrogens with zero attached hydrogens (tertiary/aromatic N) is 1. The summed E-state index contributed by atoms with van der Waals surface area (Å²) in [6, 6.07) is 13.0. The summed E-state index contributed by atoms with van der Waals surface area (Å²) in [4.78, 5) is 4.63. The van der Waals surface area contributed by atoms with E-state index in [0.717, 1.165) is 17.1 Å². The number of hydrogen-bond donors (Lipinski definition) is 1. The minimum Gasteiger partial charge on any atom is -0.330 e. The van der Waals surface area contributed by atoms with Crippen molar-refractivity contribution in [2.24, 2.45) is 5.73 Å². The van der Waals surface area contributed by atoms with Crippen LogP contribution in [0.1, 0.15) is 10.6 Å². The molecule has 0 amide bonds. The molecule has 0 unspecified atom stereocenters. The van der Waals surface area contributed by atoms with Crippen LogP contribution < -0.4 is 5.73 Å². The molecule has 19 heavy (non-hydrogen) atoms. The van der Waals surface area contributed by atoms with Crippen molar-refractivity contribution in [3.05, 3.63) is 52.3 Å². The molecule has 0 aliphatic rings. The van der Waals surface area contributed by atoms with Crippen LogP contribution in [0, 0.1) is 6.92 Å². The number of hydrogen-bond acceptors (Lipinski definition) is 3. The second-order valence-electron chi connectivity index (χ2n) is 4.73. The van der Waals surface area contributed by atoms with Crippen molar-refractivity contribution in [2.75, 3.05) is 6.54 Å². The summed E-state index contributed by atoms with van der Waals surface area (Å²) < 4.78 is 0. The lowest BCUT2D eigenvalue weighted by Crippen LogP contribution is -2.01. The average molecular weight is 268 g/mol. The van der Waals surface area contributed by atoms with Gasteiger partial charge < -0.3 is 5.73 Å². The molecule has 0 aliphatic heterocycles. The van der Waals surface area contributed by atoms with Crippen LogP contribution in [0.15, 0.2) is 41.8 Å². The zero-order chi connectivity index (χ0) is 13.2. The highest BCUT2D eigenvalue weighted by atomic mass is 32.1. The molecule has 2 N–H and O–H groups in total. The second-order valence-corrected chi connectivity index (χ2v) is 5.67. The number of aromatic nitrogens is 1. The van der Waals surface area contributed by atoms with Crippen molar-refractivity contribution in [3.8, 4) is 11.3 Å². The molecular formula is C16H16N2S. The van der Waals surface area contributed by atoms with Gasteiger partial charge in [0.25, 0.3) is 0 Å². The number of nitrogens with two attached hydrogens (primary N) is 1. The van der Waals surface area contributed by atoms with E-state index in [2.05, 4.69) is 53.7 Å². The lowest BCUT2D eigenvalue weighted by molar-refractivity contribution is 0.954. The second kappa shape index (κ2) is 5.11. The summed E-state index contributed by atoms with van der Waals surface area (Å²) in [5.74, 6) is 0. The molecular weight excluding hydrogens is 252 g/mol. The van der Waals surface area contributed by atoms with Crippen molar-refractivity contribution >= 4 is 22.1 Å². The van der Waals surface area contributed by atoms with E-state index in [-0.39, 0.29) is 0 Å². The Hall–Kier alpha value is -1.71. The number of fused-ring (bicyclic) bond motifs is 1. The molecule has 0 bridgehead atoms. The maximum Gasteiger partial charge on any atom is 0.0945 e.